The summed E-state index contributed by atoms with van der Waals surface area (Å²) < 4.78 is 24.1. The van der Waals surface area contributed by atoms with Crippen molar-refractivity contribution in [2.24, 2.45) is 0 Å². The number of nitrogens with zero attached hydrogens (tertiary/aromatic N) is 1. The van der Waals surface area contributed by atoms with Crippen molar-refractivity contribution in [1.29, 1.82) is 0 Å². The zero-order valence-corrected chi connectivity index (χ0v) is 17.8. The first-order valence-corrected chi connectivity index (χ1v) is 9.88. The molecule has 0 aliphatic carbocycles. The lowest BCUT2D eigenvalue weighted by Crippen LogP contribution is -2.33. The molecule has 0 spiro atoms. The number of para-hydroxylation sites is 1. The molecule has 0 radical (unpaired) electrons. The lowest BCUT2D eigenvalue weighted by molar-refractivity contribution is -0.120. The zero-order valence-electron chi connectivity index (χ0n) is 17.8. The van der Waals surface area contributed by atoms with E-state index in [-0.39, 0.29) is 11.3 Å². The lowest BCUT2D eigenvalue weighted by atomic mass is 10.0. The molecular formula is C25H21FN2O4. The summed E-state index contributed by atoms with van der Waals surface area (Å²) in [6.07, 6.45) is 0. The van der Waals surface area contributed by atoms with Crippen molar-refractivity contribution >= 4 is 28.8 Å². The zero-order chi connectivity index (χ0) is 22.8. The van der Waals surface area contributed by atoms with Crippen molar-refractivity contribution in [2.45, 2.75) is 6.92 Å². The highest BCUT2D eigenvalue weighted by Gasteiger charge is 2.40. The van der Waals surface area contributed by atoms with Crippen molar-refractivity contribution in [2.75, 3.05) is 24.4 Å². The molecule has 1 aliphatic heterocycles. The van der Waals surface area contributed by atoms with Crippen LogP contribution in [0.25, 0.3) is 5.57 Å². The van der Waals surface area contributed by atoms with Crippen LogP contribution >= 0.6 is 0 Å². The molecule has 3 aromatic carbocycles. The average molecular weight is 432 g/mol. The van der Waals surface area contributed by atoms with Crippen molar-refractivity contribution in [3.05, 3.63) is 89.4 Å². The maximum Gasteiger partial charge on any atom is 0.282 e. The van der Waals surface area contributed by atoms with Gasteiger partial charge in [-0.05, 0) is 48.4 Å². The maximum absolute atomic E-state index is 13.5. The van der Waals surface area contributed by atoms with Gasteiger partial charge in [0.25, 0.3) is 11.8 Å². The van der Waals surface area contributed by atoms with Crippen LogP contribution < -0.4 is 19.7 Å². The van der Waals surface area contributed by atoms with Gasteiger partial charge in [0.15, 0.2) is 11.5 Å². The SMILES string of the molecule is COc1ccc(NC2=C(c3ccc(F)cc3)C(=O)N(c3ccccc3C)C2=O)cc1OC. The molecule has 32 heavy (non-hydrogen) atoms. The summed E-state index contributed by atoms with van der Waals surface area (Å²) in [7, 11) is 3.04. The predicted molar refractivity (Wildman–Crippen MR) is 120 cm³/mol. The average Bonchev–Trinajstić information content (AvgIpc) is 3.04. The van der Waals surface area contributed by atoms with E-state index >= 15 is 0 Å². The van der Waals surface area contributed by atoms with Crippen molar-refractivity contribution < 1.29 is 23.5 Å². The van der Waals surface area contributed by atoms with E-state index in [0.29, 0.717) is 28.4 Å². The van der Waals surface area contributed by atoms with E-state index in [0.717, 1.165) is 10.5 Å². The quantitative estimate of drug-likeness (QED) is 0.579. The standard InChI is InChI=1S/C25H21FN2O4/c1-15-6-4-5-7-19(15)28-24(29)22(16-8-10-17(26)11-9-16)23(25(28)30)27-18-12-13-20(31-2)21(14-18)32-3/h4-14,27H,1-3H3. The third kappa shape index (κ3) is 3.69. The number of hydrogen-bond donors (Lipinski definition) is 1. The summed E-state index contributed by atoms with van der Waals surface area (Å²) >= 11 is 0. The van der Waals surface area contributed by atoms with Gasteiger partial charge in [0.1, 0.15) is 11.5 Å². The summed E-state index contributed by atoms with van der Waals surface area (Å²) in [6, 6.07) is 17.7. The van der Waals surface area contributed by atoms with Crippen molar-refractivity contribution in [3.63, 3.8) is 0 Å². The molecule has 1 heterocycles. The molecule has 0 bridgehead atoms. The molecule has 4 rings (SSSR count). The van der Waals surface area contributed by atoms with Crippen molar-refractivity contribution in [1.82, 2.24) is 0 Å². The number of aryl methyl sites for hydroxylation is 1. The Labute approximate surface area is 184 Å². The number of carbonyl (C=O) groups is 2. The summed E-state index contributed by atoms with van der Waals surface area (Å²) in [6.45, 7) is 1.83. The van der Waals surface area contributed by atoms with E-state index in [1.807, 2.05) is 19.1 Å². The van der Waals surface area contributed by atoms with Crippen LogP contribution in [0.3, 0.4) is 0 Å². The number of benzene rings is 3. The first-order valence-electron chi connectivity index (χ1n) is 9.88. The highest BCUT2D eigenvalue weighted by atomic mass is 19.1. The smallest absolute Gasteiger partial charge is 0.282 e. The van der Waals surface area contributed by atoms with Gasteiger partial charge in [0.2, 0.25) is 0 Å². The highest BCUT2D eigenvalue weighted by Crippen LogP contribution is 2.36. The number of rotatable bonds is 6. The number of amides is 2. The van der Waals surface area contributed by atoms with Crippen LogP contribution in [0.2, 0.25) is 0 Å². The molecule has 0 fully saturated rings. The molecule has 0 saturated carbocycles. The molecule has 1 aliphatic rings. The minimum atomic E-state index is -0.501. The van der Waals surface area contributed by atoms with Gasteiger partial charge in [-0.1, -0.05) is 30.3 Å². The summed E-state index contributed by atoms with van der Waals surface area (Å²) in [5.74, 6) is -0.427. The molecule has 0 atom stereocenters. The molecule has 162 valence electrons. The van der Waals surface area contributed by atoms with Gasteiger partial charge in [0.05, 0.1) is 25.5 Å². The minimum absolute atomic E-state index is 0.0945. The van der Waals surface area contributed by atoms with E-state index in [2.05, 4.69) is 5.32 Å². The van der Waals surface area contributed by atoms with Gasteiger partial charge in [-0.2, -0.15) is 0 Å². The fraction of sp³-hybridized carbons (Fsp3) is 0.120. The summed E-state index contributed by atoms with van der Waals surface area (Å²) in [5, 5.41) is 3.07. The van der Waals surface area contributed by atoms with Gasteiger partial charge in [-0.15, -0.1) is 0 Å². The van der Waals surface area contributed by atoms with Crippen LogP contribution in [0.4, 0.5) is 15.8 Å². The number of methoxy groups -OCH3 is 2. The van der Waals surface area contributed by atoms with E-state index < -0.39 is 17.6 Å². The fourth-order valence-electron chi connectivity index (χ4n) is 3.62. The molecule has 0 aromatic heterocycles. The fourth-order valence-corrected chi connectivity index (χ4v) is 3.62. The Bertz CT molecular complexity index is 1230. The minimum Gasteiger partial charge on any atom is -0.493 e. The molecular weight excluding hydrogens is 411 g/mol. The van der Waals surface area contributed by atoms with E-state index in [4.69, 9.17) is 9.47 Å². The highest BCUT2D eigenvalue weighted by molar-refractivity contribution is 6.46. The number of ether oxygens (including phenoxy) is 2. The van der Waals surface area contributed by atoms with Crippen LogP contribution in [0.1, 0.15) is 11.1 Å². The number of nitrogens with one attached hydrogen (secondary N) is 1. The molecule has 6 nitrogen and oxygen atoms in total. The van der Waals surface area contributed by atoms with E-state index in [1.54, 1.807) is 30.3 Å². The lowest BCUT2D eigenvalue weighted by Gasteiger charge is -2.17. The Morgan fingerprint density at radius 2 is 1.53 bits per heavy atom. The molecule has 3 aromatic rings. The van der Waals surface area contributed by atoms with Crippen LogP contribution in [-0.2, 0) is 9.59 Å². The maximum atomic E-state index is 13.5. The number of halogens is 1. The van der Waals surface area contributed by atoms with Gasteiger partial charge in [-0.25, -0.2) is 9.29 Å². The first kappa shape index (κ1) is 21.1. The second kappa shape index (κ2) is 8.55. The van der Waals surface area contributed by atoms with E-state index in [1.165, 1.54) is 38.5 Å². The van der Waals surface area contributed by atoms with Crippen LogP contribution in [0, 0.1) is 12.7 Å². The predicted octanol–water partition coefficient (Wildman–Crippen LogP) is 4.55. The number of hydrogen-bond acceptors (Lipinski definition) is 5. The molecule has 0 saturated heterocycles. The van der Waals surface area contributed by atoms with Crippen LogP contribution in [0.15, 0.2) is 72.4 Å². The Hall–Kier alpha value is -4.13. The normalized spacial score (nSPS) is 13.6. The Morgan fingerprint density at radius 3 is 2.19 bits per heavy atom. The van der Waals surface area contributed by atoms with E-state index in [9.17, 15) is 14.0 Å². The van der Waals surface area contributed by atoms with Gasteiger partial charge < -0.3 is 14.8 Å². The number of carbonyl (C=O) groups excluding carboxylic acids is 2. The van der Waals surface area contributed by atoms with Gasteiger partial charge in [0, 0.05) is 11.8 Å². The molecule has 7 heteroatoms. The Balaban J connectivity index is 1.83. The van der Waals surface area contributed by atoms with Gasteiger partial charge in [-0.3, -0.25) is 9.59 Å². The summed E-state index contributed by atoms with van der Waals surface area (Å²) in [4.78, 5) is 28.0. The number of imide groups is 1. The van der Waals surface area contributed by atoms with Crippen LogP contribution in [0.5, 0.6) is 11.5 Å². The van der Waals surface area contributed by atoms with Crippen molar-refractivity contribution in [3.8, 4) is 11.5 Å². The number of anilines is 2. The second-order valence-corrected chi connectivity index (χ2v) is 7.18. The molecule has 1 N–H and O–H groups in total. The third-order valence-electron chi connectivity index (χ3n) is 5.23. The Morgan fingerprint density at radius 1 is 0.844 bits per heavy atom. The Kier molecular flexibility index (Phi) is 5.64. The summed E-state index contributed by atoms with van der Waals surface area (Å²) in [5.41, 5.74) is 2.49. The van der Waals surface area contributed by atoms with Gasteiger partial charge >= 0.3 is 0 Å². The molecule has 0 unspecified atom stereocenters. The monoisotopic (exact) mass is 432 g/mol. The second-order valence-electron chi connectivity index (χ2n) is 7.18. The topological polar surface area (TPSA) is 67.9 Å². The molecule has 2 amide bonds. The van der Waals surface area contributed by atoms with Crippen LogP contribution in [-0.4, -0.2) is 26.0 Å². The first-order chi connectivity index (χ1) is 15.4. The largest absolute Gasteiger partial charge is 0.493 e. The third-order valence-corrected chi connectivity index (χ3v) is 5.23.